The summed E-state index contributed by atoms with van der Waals surface area (Å²) in [7, 11) is -2.07. The molecular formula is C13H20N2O4S. The van der Waals surface area contributed by atoms with E-state index < -0.39 is 10.0 Å². The number of nitrogens with two attached hydrogens (primary N) is 1. The van der Waals surface area contributed by atoms with Crippen molar-refractivity contribution in [3.8, 4) is 5.75 Å². The maximum absolute atomic E-state index is 12.3. The monoisotopic (exact) mass is 300 g/mol. The smallest absolute Gasteiger partial charge is 0.240 e. The fourth-order valence-corrected chi connectivity index (χ4v) is 3.51. The molecule has 1 aromatic carbocycles. The number of hydrogen-bond donors (Lipinski definition) is 2. The quantitative estimate of drug-likeness (QED) is 0.797. The van der Waals surface area contributed by atoms with Crippen LogP contribution in [0.3, 0.4) is 0 Å². The molecule has 112 valence electrons. The molecule has 0 saturated heterocycles. The Hall–Kier alpha value is -1.15. The Balaban J connectivity index is 2.10. The Morgan fingerprint density at radius 3 is 2.50 bits per heavy atom. The number of ether oxygens (including phenoxy) is 2. The van der Waals surface area contributed by atoms with Crippen LogP contribution in [0.15, 0.2) is 29.2 Å². The predicted molar refractivity (Wildman–Crippen MR) is 75.1 cm³/mol. The molecule has 1 aliphatic rings. The largest absolute Gasteiger partial charge is 0.497 e. The van der Waals surface area contributed by atoms with Gasteiger partial charge in [0.2, 0.25) is 10.0 Å². The van der Waals surface area contributed by atoms with E-state index in [9.17, 15) is 8.42 Å². The van der Waals surface area contributed by atoms with Crippen molar-refractivity contribution in [1.82, 2.24) is 4.72 Å². The molecule has 0 radical (unpaired) electrons. The number of nitrogens with one attached hydrogen (secondary N) is 1. The van der Waals surface area contributed by atoms with Crippen LogP contribution in [0, 0.1) is 0 Å². The van der Waals surface area contributed by atoms with E-state index in [1.807, 2.05) is 6.92 Å². The van der Waals surface area contributed by atoms with Crippen molar-refractivity contribution in [1.29, 1.82) is 0 Å². The number of sulfonamides is 1. The van der Waals surface area contributed by atoms with E-state index in [1.54, 1.807) is 12.1 Å². The minimum Gasteiger partial charge on any atom is -0.497 e. The first-order valence-corrected chi connectivity index (χ1v) is 8.00. The summed E-state index contributed by atoms with van der Waals surface area (Å²) in [6, 6.07) is 5.63. The summed E-state index contributed by atoms with van der Waals surface area (Å²) in [6.07, 6.45) is 0.520. The zero-order valence-corrected chi connectivity index (χ0v) is 12.4. The van der Waals surface area contributed by atoms with Crippen LogP contribution in [0.1, 0.15) is 13.3 Å². The number of hydrogen-bond acceptors (Lipinski definition) is 5. The fraction of sp³-hybridized carbons (Fsp3) is 0.538. The van der Waals surface area contributed by atoms with Crippen molar-refractivity contribution < 1.29 is 17.9 Å². The average Bonchev–Trinajstić information content (AvgIpc) is 2.45. The van der Waals surface area contributed by atoms with Gasteiger partial charge < -0.3 is 15.2 Å². The summed E-state index contributed by atoms with van der Waals surface area (Å²) < 4.78 is 37.6. The van der Waals surface area contributed by atoms with Gasteiger partial charge in [0.1, 0.15) is 5.75 Å². The van der Waals surface area contributed by atoms with E-state index >= 15 is 0 Å². The molecule has 1 saturated carbocycles. The van der Waals surface area contributed by atoms with Gasteiger partial charge in [-0.1, -0.05) is 0 Å². The van der Waals surface area contributed by atoms with E-state index in [2.05, 4.69) is 4.72 Å². The third kappa shape index (κ3) is 3.12. The first-order valence-electron chi connectivity index (χ1n) is 6.51. The maximum Gasteiger partial charge on any atom is 0.240 e. The van der Waals surface area contributed by atoms with E-state index in [0.29, 0.717) is 18.8 Å². The molecule has 0 heterocycles. The second-order valence-electron chi connectivity index (χ2n) is 4.72. The first kappa shape index (κ1) is 15.2. The summed E-state index contributed by atoms with van der Waals surface area (Å²) in [5, 5.41) is 0. The zero-order chi connectivity index (χ0) is 14.8. The molecule has 1 aromatic rings. The van der Waals surface area contributed by atoms with Crippen LogP contribution < -0.4 is 15.2 Å². The van der Waals surface area contributed by atoms with Gasteiger partial charge in [0.05, 0.1) is 24.2 Å². The molecule has 3 N–H and O–H groups in total. The van der Waals surface area contributed by atoms with Gasteiger partial charge in [-0.3, -0.25) is 0 Å². The van der Waals surface area contributed by atoms with Crippen LogP contribution in [0.25, 0.3) is 0 Å². The standard InChI is InChI=1S/C13H20N2O4S/c1-3-19-12-8-11(14)13(12)15-20(16,17)10-6-4-9(18-2)5-7-10/h4-7,11-13,15H,3,8,14H2,1-2H3. The highest BCUT2D eigenvalue weighted by molar-refractivity contribution is 7.89. The molecular weight excluding hydrogens is 280 g/mol. The van der Waals surface area contributed by atoms with Crippen molar-refractivity contribution in [2.45, 2.75) is 36.4 Å². The molecule has 1 fully saturated rings. The molecule has 3 unspecified atom stereocenters. The molecule has 0 aliphatic heterocycles. The van der Waals surface area contributed by atoms with E-state index in [0.717, 1.165) is 0 Å². The van der Waals surface area contributed by atoms with Gasteiger partial charge in [0.25, 0.3) is 0 Å². The SMILES string of the molecule is CCOC1CC(N)C1NS(=O)(=O)c1ccc(OC)cc1. The summed E-state index contributed by atoms with van der Waals surface area (Å²) in [4.78, 5) is 0.188. The molecule has 3 atom stereocenters. The minimum absolute atomic E-state index is 0.150. The lowest BCUT2D eigenvalue weighted by molar-refractivity contribution is -0.0248. The third-order valence-corrected chi connectivity index (χ3v) is 4.88. The molecule has 1 aliphatic carbocycles. The Labute approximate surface area is 119 Å². The van der Waals surface area contributed by atoms with Gasteiger partial charge in [-0.05, 0) is 37.6 Å². The van der Waals surface area contributed by atoms with Gasteiger partial charge in [-0.25, -0.2) is 13.1 Å². The number of methoxy groups -OCH3 is 1. The van der Waals surface area contributed by atoms with Crippen molar-refractivity contribution in [2.24, 2.45) is 5.73 Å². The lowest BCUT2D eigenvalue weighted by Gasteiger charge is -2.42. The molecule has 6 nitrogen and oxygen atoms in total. The van der Waals surface area contributed by atoms with Gasteiger partial charge in [-0.15, -0.1) is 0 Å². The predicted octanol–water partition coefficient (Wildman–Crippen LogP) is 0.478. The topological polar surface area (TPSA) is 90.6 Å². The second kappa shape index (κ2) is 6.09. The Morgan fingerprint density at radius 2 is 2.00 bits per heavy atom. The maximum atomic E-state index is 12.3. The summed E-state index contributed by atoms with van der Waals surface area (Å²) >= 11 is 0. The minimum atomic E-state index is -3.60. The highest BCUT2D eigenvalue weighted by atomic mass is 32.2. The van der Waals surface area contributed by atoms with Crippen LogP contribution in [0.2, 0.25) is 0 Å². The fourth-order valence-electron chi connectivity index (χ4n) is 2.19. The summed E-state index contributed by atoms with van der Waals surface area (Å²) in [5.41, 5.74) is 5.85. The second-order valence-corrected chi connectivity index (χ2v) is 6.43. The van der Waals surface area contributed by atoms with Crippen molar-refractivity contribution >= 4 is 10.0 Å². The van der Waals surface area contributed by atoms with E-state index in [4.69, 9.17) is 15.2 Å². The molecule has 0 aromatic heterocycles. The normalized spacial score (nSPS) is 26.1. The molecule has 0 spiro atoms. The molecule has 0 amide bonds. The van der Waals surface area contributed by atoms with E-state index in [-0.39, 0.29) is 23.1 Å². The van der Waals surface area contributed by atoms with Gasteiger partial charge in [0.15, 0.2) is 0 Å². The van der Waals surface area contributed by atoms with Gasteiger partial charge in [0, 0.05) is 12.6 Å². The van der Waals surface area contributed by atoms with Crippen LogP contribution in [0.5, 0.6) is 5.75 Å². The third-order valence-electron chi connectivity index (χ3n) is 3.41. The summed E-state index contributed by atoms with van der Waals surface area (Å²) in [6.45, 7) is 2.41. The van der Waals surface area contributed by atoms with Crippen LogP contribution in [-0.4, -0.2) is 40.3 Å². The van der Waals surface area contributed by atoms with Gasteiger partial charge in [-0.2, -0.15) is 0 Å². The zero-order valence-electron chi connectivity index (χ0n) is 11.6. The Kier molecular flexibility index (Phi) is 4.64. The van der Waals surface area contributed by atoms with Crippen LogP contribution in [-0.2, 0) is 14.8 Å². The number of rotatable bonds is 6. The lowest BCUT2D eigenvalue weighted by Crippen LogP contribution is -2.64. The number of benzene rings is 1. The molecule has 0 bridgehead atoms. The first-order chi connectivity index (χ1) is 9.47. The van der Waals surface area contributed by atoms with Crippen LogP contribution >= 0.6 is 0 Å². The molecule has 7 heteroatoms. The van der Waals surface area contributed by atoms with Crippen molar-refractivity contribution in [3.63, 3.8) is 0 Å². The Morgan fingerprint density at radius 1 is 1.35 bits per heavy atom. The van der Waals surface area contributed by atoms with Crippen molar-refractivity contribution in [3.05, 3.63) is 24.3 Å². The summed E-state index contributed by atoms with van der Waals surface area (Å²) in [5.74, 6) is 0.608. The lowest BCUT2D eigenvalue weighted by atomic mass is 9.84. The highest BCUT2D eigenvalue weighted by Gasteiger charge is 2.41. The van der Waals surface area contributed by atoms with Gasteiger partial charge >= 0.3 is 0 Å². The van der Waals surface area contributed by atoms with Crippen LogP contribution in [0.4, 0.5) is 0 Å². The molecule has 2 rings (SSSR count). The Bertz CT molecular complexity index is 542. The van der Waals surface area contributed by atoms with Crippen molar-refractivity contribution in [2.75, 3.05) is 13.7 Å². The molecule has 20 heavy (non-hydrogen) atoms. The average molecular weight is 300 g/mol. The highest BCUT2D eigenvalue weighted by Crippen LogP contribution is 2.25. The van der Waals surface area contributed by atoms with E-state index in [1.165, 1.54) is 19.2 Å².